The van der Waals surface area contributed by atoms with Crippen LogP contribution in [0.2, 0.25) is 0 Å². The molecule has 1 aliphatic carbocycles. The molecule has 0 N–H and O–H groups in total. The van der Waals surface area contributed by atoms with E-state index < -0.39 is 0 Å². The third kappa shape index (κ3) is 2.23. The van der Waals surface area contributed by atoms with Crippen LogP contribution >= 0.6 is 0 Å². The lowest BCUT2D eigenvalue weighted by Gasteiger charge is -2.26. The van der Waals surface area contributed by atoms with Crippen molar-refractivity contribution in [2.45, 2.75) is 41.0 Å². The van der Waals surface area contributed by atoms with E-state index in [-0.39, 0.29) is 0 Å². The maximum Gasteiger partial charge on any atom is -0.0135 e. The zero-order chi connectivity index (χ0) is 9.35. The lowest BCUT2D eigenvalue weighted by Crippen LogP contribution is -2.12. The topological polar surface area (TPSA) is 0 Å². The highest BCUT2D eigenvalue weighted by Crippen LogP contribution is 2.33. The van der Waals surface area contributed by atoms with Gasteiger partial charge in [0.15, 0.2) is 0 Å². The summed E-state index contributed by atoms with van der Waals surface area (Å²) in [7, 11) is 0. The van der Waals surface area contributed by atoms with E-state index in [1.807, 2.05) is 0 Å². The van der Waals surface area contributed by atoms with Crippen molar-refractivity contribution < 1.29 is 0 Å². The zero-order valence-electron chi connectivity index (χ0n) is 8.94. The first kappa shape index (κ1) is 9.57. The van der Waals surface area contributed by atoms with E-state index >= 15 is 0 Å². The smallest absolute Gasteiger partial charge is 0.0135 e. The predicted molar refractivity (Wildman–Crippen MR) is 55.1 cm³/mol. The van der Waals surface area contributed by atoms with E-state index in [0.29, 0.717) is 5.41 Å². The van der Waals surface area contributed by atoms with Crippen molar-refractivity contribution in [2.24, 2.45) is 11.3 Å². The summed E-state index contributed by atoms with van der Waals surface area (Å²) >= 11 is 0. The fraction of sp³-hybridized carbons (Fsp3) is 0.667. The average molecular weight is 164 g/mol. The molecule has 0 bridgehead atoms. The Kier molecular flexibility index (Phi) is 2.46. The van der Waals surface area contributed by atoms with Gasteiger partial charge in [-0.25, -0.2) is 0 Å². The van der Waals surface area contributed by atoms with Gasteiger partial charge >= 0.3 is 0 Å². The van der Waals surface area contributed by atoms with Gasteiger partial charge in [0.1, 0.15) is 0 Å². The molecule has 1 rings (SSSR count). The average Bonchev–Trinajstić information content (AvgIpc) is 1.82. The Hall–Kier alpha value is -0.520. The molecule has 0 amide bonds. The highest BCUT2D eigenvalue weighted by molar-refractivity contribution is 5.32. The van der Waals surface area contributed by atoms with Crippen molar-refractivity contribution in [3.63, 3.8) is 0 Å². The molecule has 0 aromatic heterocycles. The Morgan fingerprint density at radius 1 is 1.33 bits per heavy atom. The summed E-state index contributed by atoms with van der Waals surface area (Å²) in [6.45, 7) is 11.4. The van der Waals surface area contributed by atoms with Crippen molar-refractivity contribution in [1.82, 2.24) is 0 Å². The van der Waals surface area contributed by atoms with Crippen LogP contribution in [0, 0.1) is 11.3 Å². The summed E-state index contributed by atoms with van der Waals surface area (Å²) in [5.41, 5.74) is 3.34. The van der Waals surface area contributed by atoms with Crippen LogP contribution in [-0.4, -0.2) is 0 Å². The fourth-order valence-corrected chi connectivity index (χ4v) is 1.71. The van der Waals surface area contributed by atoms with E-state index in [1.54, 1.807) is 0 Å². The Bertz CT molecular complexity index is 223. The number of hydrogen-bond donors (Lipinski definition) is 0. The van der Waals surface area contributed by atoms with Crippen LogP contribution in [0.3, 0.4) is 0 Å². The van der Waals surface area contributed by atoms with Crippen molar-refractivity contribution in [1.29, 1.82) is 0 Å². The third-order valence-electron chi connectivity index (χ3n) is 2.38. The lowest BCUT2D eigenvalue weighted by atomic mass is 9.79. The van der Waals surface area contributed by atoms with Gasteiger partial charge < -0.3 is 0 Å². The van der Waals surface area contributed by atoms with Crippen molar-refractivity contribution >= 4 is 0 Å². The molecule has 1 atom stereocenters. The molecule has 68 valence electrons. The summed E-state index contributed by atoms with van der Waals surface area (Å²) in [6.07, 6.45) is 5.99. The van der Waals surface area contributed by atoms with Crippen molar-refractivity contribution in [3.05, 3.63) is 23.3 Å². The van der Waals surface area contributed by atoms with Gasteiger partial charge in [0.05, 0.1) is 0 Å². The number of rotatable bonds is 0. The second kappa shape index (κ2) is 3.08. The van der Waals surface area contributed by atoms with Gasteiger partial charge in [-0.1, -0.05) is 45.4 Å². The molecule has 12 heavy (non-hydrogen) atoms. The second-order valence-electron chi connectivity index (χ2n) is 5.04. The molecular weight excluding hydrogens is 144 g/mol. The molecule has 0 nitrogen and oxygen atoms in total. The predicted octanol–water partition coefficient (Wildman–Crippen LogP) is 3.95. The SMILES string of the molecule is CC1=CC(C(C)(C)C)=CC(C)C1. The summed E-state index contributed by atoms with van der Waals surface area (Å²) in [5.74, 6) is 0.726. The summed E-state index contributed by atoms with van der Waals surface area (Å²) < 4.78 is 0. The van der Waals surface area contributed by atoms with Crippen LogP contribution in [0.4, 0.5) is 0 Å². The number of hydrogen-bond acceptors (Lipinski definition) is 0. The molecule has 0 fully saturated rings. The van der Waals surface area contributed by atoms with Crippen LogP contribution in [0.25, 0.3) is 0 Å². The zero-order valence-corrected chi connectivity index (χ0v) is 8.94. The Morgan fingerprint density at radius 2 is 1.92 bits per heavy atom. The standard InChI is InChI=1S/C12H20/c1-9-6-10(2)8-11(7-9)12(3,4)5/h7-9H,6H2,1-5H3. The van der Waals surface area contributed by atoms with Gasteiger partial charge in [0, 0.05) is 0 Å². The van der Waals surface area contributed by atoms with Gasteiger partial charge in [-0.15, -0.1) is 0 Å². The monoisotopic (exact) mass is 164 g/mol. The number of allylic oxidation sites excluding steroid dienone is 4. The normalized spacial score (nSPS) is 24.9. The molecule has 0 saturated carbocycles. The quantitative estimate of drug-likeness (QED) is 0.508. The van der Waals surface area contributed by atoms with Gasteiger partial charge in [-0.05, 0) is 30.3 Å². The Balaban J connectivity index is 2.91. The summed E-state index contributed by atoms with van der Waals surface area (Å²) in [5, 5.41) is 0. The van der Waals surface area contributed by atoms with Crippen LogP contribution in [0.15, 0.2) is 23.3 Å². The van der Waals surface area contributed by atoms with Crippen LogP contribution < -0.4 is 0 Å². The third-order valence-corrected chi connectivity index (χ3v) is 2.38. The van der Waals surface area contributed by atoms with E-state index in [1.165, 1.54) is 17.6 Å². The molecule has 0 saturated heterocycles. The van der Waals surface area contributed by atoms with Gasteiger partial charge in [0.25, 0.3) is 0 Å². The van der Waals surface area contributed by atoms with Crippen LogP contribution in [-0.2, 0) is 0 Å². The second-order valence-corrected chi connectivity index (χ2v) is 5.04. The maximum atomic E-state index is 2.41. The Labute approximate surface area is 76.4 Å². The van der Waals surface area contributed by atoms with Gasteiger partial charge in [-0.3, -0.25) is 0 Å². The minimum absolute atomic E-state index is 0.315. The first-order valence-corrected chi connectivity index (χ1v) is 4.79. The molecule has 0 aromatic carbocycles. The van der Waals surface area contributed by atoms with E-state index in [2.05, 4.69) is 46.8 Å². The molecule has 0 heteroatoms. The molecule has 0 spiro atoms. The van der Waals surface area contributed by atoms with Gasteiger partial charge in [-0.2, -0.15) is 0 Å². The molecule has 1 aliphatic rings. The van der Waals surface area contributed by atoms with Crippen molar-refractivity contribution in [3.8, 4) is 0 Å². The largest absolute Gasteiger partial charge is 0.0776 e. The van der Waals surface area contributed by atoms with Crippen LogP contribution in [0.1, 0.15) is 41.0 Å². The highest BCUT2D eigenvalue weighted by Gasteiger charge is 2.19. The highest BCUT2D eigenvalue weighted by atomic mass is 14.2. The maximum absolute atomic E-state index is 2.41. The molecule has 1 unspecified atom stereocenters. The van der Waals surface area contributed by atoms with E-state index in [9.17, 15) is 0 Å². The van der Waals surface area contributed by atoms with E-state index in [4.69, 9.17) is 0 Å². The summed E-state index contributed by atoms with van der Waals surface area (Å²) in [4.78, 5) is 0. The molecule has 0 heterocycles. The molecular formula is C12H20. The Morgan fingerprint density at radius 3 is 2.33 bits per heavy atom. The molecule has 0 aromatic rings. The van der Waals surface area contributed by atoms with E-state index in [0.717, 1.165) is 5.92 Å². The van der Waals surface area contributed by atoms with Crippen LogP contribution in [0.5, 0.6) is 0 Å². The summed E-state index contributed by atoms with van der Waals surface area (Å²) in [6, 6.07) is 0. The lowest BCUT2D eigenvalue weighted by molar-refractivity contribution is 0.501. The van der Waals surface area contributed by atoms with Gasteiger partial charge in [0.2, 0.25) is 0 Å². The first-order valence-electron chi connectivity index (χ1n) is 4.79. The minimum Gasteiger partial charge on any atom is -0.0776 e. The first-order chi connectivity index (χ1) is 5.39. The minimum atomic E-state index is 0.315. The fourth-order valence-electron chi connectivity index (χ4n) is 1.71. The van der Waals surface area contributed by atoms with Crippen molar-refractivity contribution in [2.75, 3.05) is 0 Å². The molecule has 0 aliphatic heterocycles. The molecule has 0 radical (unpaired) electrons.